The number of benzene rings is 2. The van der Waals surface area contributed by atoms with Crippen molar-refractivity contribution >= 4 is 39.7 Å². The van der Waals surface area contributed by atoms with Crippen LogP contribution >= 0.6 is 22.9 Å². The van der Waals surface area contributed by atoms with Crippen molar-refractivity contribution in [1.82, 2.24) is 9.88 Å². The Morgan fingerprint density at radius 3 is 2.79 bits per heavy atom. The van der Waals surface area contributed by atoms with Crippen LogP contribution in [0.2, 0.25) is 5.02 Å². The standard InChI is InChI=1S/C22H19ClN2O2S/c1-27-20-6-3-2-5-15(20)13-24-22(26)14-25-18-9-8-17(23)11-16(18)12-19(25)21-7-4-10-28-21/h2-12H,13-14H2,1H3,(H,24,26). The van der Waals surface area contributed by atoms with Crippen molar-refractivity contribution < 1.29 is 9.53 Å². The summed E-state index contributed by atoms with van der Waals surface area (Å²) in [5.74, 6) is 0.708. The summed E-state index contributed by atoms with van der Waals surface area (Å²) in [5.41, 5.74) is 2.95. The van der Waals surface area contributed by atoms with Crippen molar-refractivity contribution in [3.63, 3.8) is 0 Å². The van der Waals surface area contributed by atoms with Crippen LogP contribution in [0.25, 0.3) is 21.5 Å². The third-order valence-corrected chi connectivity index (χ3v) is 5.73. The summed E-state index contributed by atoms with van der Waals surface area (Å²) < 4.78 is 7.39. The molecule has 2 aromatic heterocycles. The van der Waals surface area contributed by atoms with Crippen LogP contribution in [0.4, 0.5) is 0 Å². The molecule has 142 valence electrons. The Kier molecular flexibility index (Phi) is 5.37. The number of hydrogen-bond acceptors (Lipinski definition) is 3. The van der Waals surface area contributed by atoms with E-state index in [4.69, 9.17) is 16.3 Å². The summed E-state index contributed by atoms with van der Waals surface area (Å²) >= 11 is 7.81. The molecule has 6 heteroatoms. The molecule has 4 nitrogen and oxygen atoms in total. The zero-order valence-electron chi connectivity index (χ0n) is 15.3. The lowest BCUT2D eigenvalue weighted by molar-refractivity contribution is -0.121. The average Bonchev–Trinajstić information content (AvgIpc) is 3.34. The van der Waals surface area contributed by atoms with E-state index in [1.807, 2.05) is 58.5 Å². The number of amides is 1. The molecule has 0 unspecified atom stereocenters. The molecular weight excluding hydrogens is 392 g/mol. The molecule has 0 saturated carbocycles. The van der Waals surface area contributed by atoms with Gasteiger partial charge in [-0.3, -0.25) is 4.79 Å². The molecule has 2 heterocycles. The first-order chi connectivity index (χ1) is 13.7. The minimum Gasteiger partial charge on any atom is -0.496 e. The van der Waals surface area contributed by atoms with Crippen LogP contribution in [0.15, 0.2) is 66.0 Å². The highest BCUT2D eigenvalue weighted by Crippen LogP contribution is 2.32. The molecule has 0 spiro atoms. The Morgan fingerprint density at radius 2 is 2.00 bits per heavy atom. The van der Waals surface area contributed by atoms with Gasteiger partial charge in [-0.25, -0.2) is 0 Å². The number of halogens is 1. The number of thiophene rings is 1. The molecule has 0 atom stereocenters. The van der Waals surface area contributed by atoms with Crippen LogP contribution < -0.4 is 10.1 Å². The fraction of sp³-hybridized carbons (Fsp3) is 0.136. The Bertz CT molecular complexity index is 1120. The molecule has 2 aromatic carbocycles. The van der Waals surface area contributed by atoms with Gasteiger partial charge in [0.1, 0.15) is 12.3 Å². The van der Waals surface area contributed by atoms with Gasteiger partial charge in [0, 0.05) is 28.0 Å². The van der Waals surface area contributed by atoms with Crippen LogP contribution in [0.5, 0.6) is 5.75 Å². The molecule has 0 bridgehead atoms. The number of para-hydroxylation sites is 1. The number of ether oxygens (including phenoxy) is 1. The fourth-order valence-electron chi connectivity index (χ4n) is 3.28. The van der Waals surface area contributed by atoms with Gasteiger partial charge < -0.3 is 14.6 Å². The Balaban J connectivity index is 1.60. The number of methoxy groups -OCH3 is 1. The van der Waals surface area contributed by atoms with E-state index in [-0.39, 0.29) is 12.5 Å². The van der Waals surface area contributed by atoms with Gasteiger partial charge >= 0.3 is 0 Å². The Hall–Kier alpha value is -2.76. The molecule has 0 aliphatic rings. The number of rotatable bonds is 6. The van der Waals surface area contributed by atoms with Gasteiger partial charge in [0.15, 0.2) is 0 Å². The summed E-state index contributed by atoms with van der Waals surface area (Å²) in [5, 5.41) is 6.74. The molecule has 0 radical (unpaired) electrons. The zero-order chi connectivity index (χ0) is 19.5. The van der Waals surface area contributed by atoms with Crippen LogP contribution in [0, 0.1) is 0 Å². The smallest absolute Gasteiger partial charge is 0.240 e. The second kappa shape index (κ2) is 8.09. The third-order valence-electron chi connectivity index (χ3n) is 4.61. The molecule has 0 aliphatic heterocycles. The molecule has 0 aliphatic carbocycles. The largest absolute Gasteiger partial charge is 0.496 e. The van der Waals surface area contributed by atoms with Crippen molar-refractivity contribution in [3.05, 3.63) is 76.6 Å². The summed E-state index contributed by atoms with van der Waals surface area (Å²) in [6.45, 7) is 0.649. The number of nitrogens with one attached hydrogen (secondary N) is 1. The average molecular weight is 411 g/mol. The molecule has 0 saturated heterocycles. The van der Waals surface area contributed by atoms with E-state index < -0.39 is 0 Å². The van der Waals surface area contributed by atoms with E-state index in [1.165, 1.54) is 0 Å². The lowest BCUT2D eigenvalue weighted by atomic mass is 10.2. The summed E-state index contributed by atoms with van der Waals surface area (Å²) in [6, 6.07) is 19.6. The van der Waals surface area contributed by atoms with Crippen molar-refractivity contribution in [2.75, 3.05) is 7.11 Å². The van der Waals surface area contributed by atoms with Gasteiger partial charge in [0.25, 0.3) is 0 Å². The van der Waals surface area contributed by atoms with Crippen LogP contribution in [0.1, 0.15) is 5.56 Å². The van der Waals surface area contributed by atoms with Crippen LogP contribution in [-0.2, 0) is 17.9 Å². The Morgan fingerprint density at radius 1 is 1.14 bits per heavy atom. The maximum atomic E-state index is 12.7. The predicted molar refractivity (Wildman–Crippen MR) is 115 cm³/mol. The van der Waals surface area contributed by atoms with E-state index in [9.17, 15) is 4.79 Å². The monoisotopic (exact) mass is 410 g/mol. The second-order valence-corrected chi connectivity index (χ2v) is 7.77. The molecule has 1 amide bonds. The van der Waals surface area contributed by atoms with Gasteiger partial charge in [0.2, 0.25) is 5.91 Å². The number of nitrogens with zero attached hydrogens (tertiary/aromatic N) is 1. The van der Waals surface area contributed by atoms with Crippen molar-refractivity contribution in [3.8, 4) is 16.3 Å². The first kappa shape index (κ1) is 18.6. The highest BCUT2D eigenvalue weighted by Gasteiger charge is 2.15. The topological polar surface area (TPSA) is 43.3 Å². The minimum atomic E-state index is -0.0591. The van der Waals surface area contributed by atoms with Crippen molar-refractivity contribution in [2.45, 2.75) is 13.1 Å². The predicted octanol–water partition coefficient (Wildman–Crippen LogP) is 5.35. The fourth-order valence-corrected chi connectivity index (χ4v) is 4.21. The van der Waals surface area contributed by atoms with Gasteiger partial charge in [0.05, 0.1) is 17.7 Å². The maximum Gasteiger partial charge on any atom is 0.240 e. The molecule has 4 rings (SSSR count). The molecule has 1 N–H and O–H groups in total. The molecule has 4 aromatic rings. The van der Waals surface area contributed by atoms with Gasteiger partial charge in [-0.1, -0.05) is 35.9 Å². The highest BCUT2D eigenvalue weighted by molar-refractivity contribution is 7.13. The summed E-state index contributed by atoms with van der Waals surface area (Å²) in [7, 11) is 1.63. The van der Waals surface area contributed by atoms with E-state index in [0.29, 0.717) is 11.6 Å². The van der Waals surface area contributed by atoms with Crippen molar-refractivity contribution in [2.24, 2.45) is 0 Å². The summed E-state index contributed by atoms with van der Waals surface area (Å²) in [4.78, 5) is 13.8. The lowest BCUT2D eigenvalue weighted by Crippen LogP contribution is -2.27. The van der Waals surface area contributed by atoms with E-state index in [1.54, 1.807) is 18.4 Å². The Labute approximate surface area is 172 Å². The highest BCUT2D eigenvalue weighted by atomic mass is 35.5. The molecule has 0 fully saturated rings. The minimum absolute atomic E-state index is 0.0591. The lowest BCUT2D eigenvalue weighted by Gasteiger charge is -2.12. The summed E-state index contributed by atoms with van der Waals surface area (Å²) in [6.07, 6.45) is 0. The SMILES string of the molecule is COc1ccccc1CNC(=O)Cn1c(-c2cccs2)cc2cc(Cl)ccc21. The van der Waals surface area contributed by atoms with Gasteiger partial charge in [-0.05, 0) is 41.8 Å². The zero-order valence-corrected chi connectivity index (χ0v) is 16.9. The maximum absolute atomic E-state index is 12.7. The first-order valence-electron chi connectivity index (χ1n) is 8.87. The van der Waals surface area contributed by atoms with Gasteiger partial charge in [-0.2, -0.15) is 0 Å². The number of fused-ring (bicyclic) bond motifs is 1. The van der Waals surface area contributed by atoms with E-state index in [0.717, 1.165) is 32.8 Å². The third kappa shape index (κ3) is 3.77. The van der Waals surface area contributed by atoms with Crippen LogP contribution in [-0.4, -0.2) is 17.6 Å². The number of carbonyl (C=O) groups is 1. The van der Waals surface area contributed by atoms with Crippen LogP contribution in [0.3, 0.4) is 0 Å². The first-order valence-corrected chi connectivity index (χ1v) is 10.1. The van der Waals surface area contributed by atoms with Gasteiger partial charge in [-0.15, -0.1) is 11.3 Å². The van der Waals surface area contributed by atoms with E-state index in [2.05, 4.69) is 17.4 Å². The number of carbonyl (C=O) groups excluding carboxylic acids is 1. The normalized spacial score (nSPS) is 10.9. The number of aromatic nitrogens is 1. The second-order valence-electron chi connectivity index (χ2n) is 6.38. The number of hydrogen-bond donors (Lipinski definition) is 1. The quantitative estimate of drug-likeness (QED) is 0.465. The van der Waals surface area contributed by atoms with Crippen molar-refractivity contribution in [1.29, 1.82) is 0 Å². The molecular formula is C22H19ClN2O2S. The molecule has 28 heavy (non-hydrogen) atoms. The van der Waals surface area contributed by atoms with E-state index >= 15 is 0 Å².